The number of amides is 2. The molecule has 0 heterocycles. The van der Waals surface area contributed by atoms with Crippen molar-refractivity contribution in [1.82, 2.24) is 5.32 Å². The lowest BCUT2D eigenvalue weighted by Gasteiger charge is -2.23. The molecule has 0 aliphatic heterocycles. The molecule has 2 amide bonds. The van der Waals surface area contributed by atoms with Gasteiger partial charge in [0.2, 0.25) is 11.8 Å². The summed E-state index contributed by atoms with van der Waals surface area (Å²) >= 11 is 6.00. The Morgan fingerprint density at radius 2 is 2.09 bits per heavy atom. The highest BCUT2D eigenvalue weighted by atomic mass is 35.5. The van der Waals surface area contributed by atoms with Gasteiger partial charge in [-0.2, -0.15) is 0 Å². The average Bonchev–Trinajstić information content (AvgIpc) is 2.47. The van der Waals surface area contributed by atoms with Gasteiger partial charge in [0.15, 0.2) is 0 Å². The van der Waals surface area contributed by atoms with E-state index >= 15 is 0 Å². The first-order valence-electron chi connectivity index (χ1n) is 7.38. The number of halogens is 1. The molecule has 1 aromatic rings. The van der Waals surface area contributed by atoms with Crippen LogP contribution < -0.4 is 15.0 Å². The smallest absolute Gasteiger partial charge is 0.223 e. The Morgan fingerprint density at radius 1 is 1.36 bits per heavy atom. The maximum Gasteiger partial charge on any atom is 0.223 e. The number of nitrogens with one attached hydrogen (secondary N) is 1. The zero-order valence-corrected chi connectivity index (χ0v) is 14.1. The number of carbonyl (C=O) groups is 2. The fraction of sp³-hybridized carbons (Fsp3) is 0.500. The van der Waals surface area contributed by atoms with Crippen molar-refractivity contribution in [3.8, 4) is 5.75 Å². The highest BCUT2D eigenvalue weighted by Gasteiger charge is 2.17. The van der Waals surface area contributed by atoms with Crippen LogP contribution in [0.25, 0.3) is 0 Å². The summed E-state index contributed by atoms with van der Waals surface area (Å²) in [5.41, 5.74) is 0.573. The molecule has 6 heteroatoms. The number of ether oxygens (including phenoxy) is 1. The molecule has 0 fully saturated rings. The Hall–Kier alpha value is -1.75. The molecule has 0 aliphatic rings. The van der Waals surface area contributed by atoms with E-state index in [2.05, 4.69) is 12.2 Å². The van der Waals surface area contributed by atoms with Crippen LogP contribution in [0.15, 0.2) is 18.2 Å². The summed E-state index contributed by atoms with van der Waals surface area (Å²) in [4.78, 5) is 25.2. The molecule has 0 aliphatic carbocycles. The van der Waals surface area contributed by atoms with E-state index in [0.717, 1.165) is 12.8 Å². The van der Waals surface area contributed by atoms with Crippen molar-refractivity contribution >= 4 is 29.1 Å². The van der Waals surface area contributed by atoms with E-state index in [4.69, 9.17) is 16.3 Å². The van der Waals surface area contributed by atoms with Gasteiger partial charge in [-0.15, -0.1) is 0 Å². The van der Waals surface area contributed by atoms with Crippen LogP contribution in [-0.2, 0) is 9.59 Å². The first kappa shape index (κ1) is 18.3. The highest BCUT2D eigenvalue weighted by Crippen LogP contribution is 2.31. The fourth-order valence-electron chi connectivity index (χ4n) is 2.03. The monoisotopic (exact) mass is 326 g/mol. The molecule has 0 aromatic heterocycles. The quantitative estimate of drug-likeness (QED) is 0.747. The van der Waals surface area contributed by atoms with Crippen molar-refractivity contribution in [2.24, 2.45) is 0 Å². The first-order valence-corrected chi connectivity index (χ1v) is 7.75. The van der Waals surface area contributed by atoms with E-state index in [1.54, 1.807) is 18.2 Å². The molecule has 1 rings (SSSR count). The van der Waals surface area contributed by atoms with Crippen LogP contribution >= 0.6 is 11.6 Å². The third kappa shape index (κ3) is 5.56. The number of benzene rings is 1. The van der Waals surface area contributed by atoms with E-state index in [1.165, 1.54) is 18.9 Å². The van der Waals surface area contributed by atoms with E-state index in [1.807, 2.05) is 0 Å². The SMILES string of the molecule is CCCCNC(=O)CCN(C(C)=O)c1cc(Cl)ccc1OC. The minimum Gasteiger partial charge on any atom is -0.495 e. The summed E-state index contributed by atoms with van der Waals surface area (Å²) in [5.74, 6) is 0.314. The van der Waals surface area contributed by atoms with E-state index in [0.29, 0.717) is 23.0 Å². The van der Waals surface area contributed by atoms with Crippen LogP contribution in [-0.4, -0.2) is 32.0 Å². The summed E-state index contributed by atoms with van der Waals surface area (Å²) in [7, 11) is 1.53. The lowest BCUT2D eigenvalue weighted by Crippen LogP contribution is -2.34. The largest absolute Gasteiger partial charge is 0.495 e. The third-order valence-electron chi connectivity index (χ3n) is 3.23. The maximum atomic E-state index is 11.9. The standard InChI is InChI=1S/C16H23ClN2O3/c1-4-5-9-18-16(21)8-10-19(12(2)20)14-11-13(17)6-7-15(14)22-3/h6-7,11H,4-5,8-10H2,1-3H3,(H,18,21). The topological polar surface area (TPSA) is 58.6 Å². The second-order valence-corrected chi connectivity index (χ2v) is 5.38. The molecule has 22 heavy (non-hydrogen) atoms. The molecule has 1 N–H and O–H groups in total. The zero-order valence-electron chi connectivity index (χ0n) is 13.3. The predicted molar refractivity (Wildman–Crippen MR) is 88.6 cm³/mol. The van der Waals surface area contributed by atoms with Gasteiger partial charge in [0.05, 0.1) is 12.8 Å². The first-order chi connectivity index (χ1) is 10.5. The summed E-state index contributed by atoms with van der Waals surface area (Å²) in [5, 5.41) is 3.34. The summed E-state index contributed by atoms with van der Waals surface area (Å²) < 4.78 is 5.26. The molecule has 0 radical (unpaired) electrons. The molecule has 0 spiro atoms. The van der Waals surface area contributed by atoms with Crippen LogP contribution in [0.4, 0.5) is 5.69 Å². The van der Waals surface area contributed by atoms with Gasteiger partial charge < -0.3 is 15.0 Å². The van der Waals surface area contributed by atoms with Crippen LogP contribution in [0.1, 0.15) is 33.1 Å². The zero-order chi connectivity index (χ0) is 16.5. The van der Waals surface area contributed by atoms with Crippen LogP contribution in [0.5, 0.6) is 5.75 Å². The third-order valence-corrected chi connectivity index (χ3v) is 3.46. The van der Waals surface area contributed by atoms with Gasteiger partial charge in [0, 0.05) is 31.5 Å². The van der Waals surface area contributed by atoms with Crippen LogP contribution in [0.3, 0.4) is 0 Å². The number of carbonyl (C=O) groups excluding carboxylic acids is 2. The minimum absolute atomic E-state index is 0.0688. The molecule has 0 saturated heterocycles. The van der Waals surface area contributed by atoms with Gasteiger partial charge in [-0.1, -0.05) is 24.9 Å². The number of anilines is 1. The van der Waals surface area contributed by atoms with Gasteiger partial charge in [-0.3, -0.25) is 9.59 Å². The number of unbranched alkanes of at least 4 members (excludes halogenated alkanes) is 1. The van der Waals surface area contributed by atoms with Gasteiger partial charge in [-0.05, 0) is 24.6 Å². The van der Waals surface area contributed by atoms with Crippen molar-refractivity contribution in [3.63, 3.8) is 0 Å². The molecule has 0 unspecified atom stereocenters. The maximum absolute atomic E-state index is 11.9. The van der Waals surface area contributed by atoms with E-state index < -0.39 is 0 Å². The average molecular weight is 327 g/mol. The molecule has 0 atom stereocenters. The Balaban J connectivity index is 2.76. The molecule has 5 nitrogen and oxygen atoms in total. The number of methoxy groups -OCH3 is 1. The summed E-state index contributed by atoms with van der Waals surface area (Å²) in [6.45, 7) is 4.46. The van der Waals surface area contributed by atoms with Crippen LogP contribution in [0.2, 0.25) is 5.02 Å². The van der Waals surface area contributed by atoms with Crippen LogP contribution in [0, 0.1) is 0 Å². The molecule has 0 bridgehead atoms. The minimum atomic E-state index is -0.165. The van der Waals surface area contributed by atoms with Crippen molar-refractivity contribution in [2.75, 3.05) is 25.1 Å². The fourth-order valence-corrected chi connectivity index (χ4v) is 2.19. The van der Waals surface area contributed by atoms with Gasteiger partial charge in [-0.25, -0.2) is 0 Å². The molecule has 1 aromatic carbocycles. The summed E-state index contributed by atoms with van der Waals surface area (Å²) in [6, 6.07) is 5.06. The molecule has 122 valence electrons. The van der Waals surface area contributed by atoms with Crippen molar-refractivity contribution in [3.05, 3.63) is 23.2 Å². The molecular weight excluding hydrogens is 304 g/mol. The number of nitrogens with zero attached hydrogens (tertiary/aromatic N) is 1. The second kappa shape index (κ2) is 9.30. The number of hydrogen-bond acceptors (Lipinski definition) is 3. The second-order valence-electron chi connectivity index (χ2n) is 4.94. The van der Waals surface area contributed by atoms with E-state index in [9.17, 15) is 9.59 Å². The lowest BCUT2D eigenvalue weighted by molar-refractivity contribution is -0.121. The number of hydrogen-bond donors (Lipinski definition) is 1. The number of rotatable bonds is 8. The van der Waals surface area contributed by atoms with Gasteiger partial charge in [0.1, 0.15) is 5.75 Å². The Morgan fingerprint density at radius 3 is 2.68 bits per heavy atom. The van der Waals surface area contributed by atoms with Gasteiger partial charge >= 0.3 is 0 Å². The van der Waals surface area contributed by atoms with Crippen molar-refractivity contribution < 1.29 is 14.3 Å². The Labute approximate surface area is 136 Å². The Bertz CT molecular complexity index is 520. The van der Waals surface area contributed by atoms with Crippen molar-refractivity contribution in [1.29, 1.82) is 0 Å². The lowest BCUT2D eigenvalue weighted by atomic mass is 10.2. The molecular formula is C16H23ClN2O3. The Kier molecular flexibility index (Phi) is 7.74. The van der Waals surface area contributed by atoms with E-state index in [-0.39, 0.29) is 24.8 Å². The summed E-state index contributed by atoms with van der Waals surface area (Å²) in [6.07, 6.45) is 2.21. The highest BCUT2D eigenvalue weighted by molar-refractivity contribution is 6.31. The van der Waals surface area contributed by atoms with Crippen molar-refractivity contribution in [2.45, 2.75) is 33.1 Å². The predicted octanol–water partition coefficient (Wildman–Crippen LogP) is 3.01. The van der Waals surface area contributed by atoms with Gasteiger partial charge in [0.25, 0.3) is 0 Å². The molecule has 0 saturated carbocycles. The normalized spacial score (nSPS) is 10.2.